The molecule has 1 fully saturated rings. The Morgan fingerprint density at radius 3 is 2.57 bits per heavy atom. The van der Waals surface area contributed by atoms with Gasteiger partial charge in [0.1, 0.15) is 0 Å². The van der Waals surface area contributed by atoms with Crippen molar-refractivity contribution in [1.82, 2.24) is 24.9 Å². The number of anilines is 3. The van der Waals surface area contributed by atoms with Gasteiger partial charge in [0.25, 0.3) is 0 Å². The Kier molecular flexibility index (Phi) is 5.41. The molecule has 7 nitrogen and oxygen atoms in total. The van der Waals surface area contributed by atoms with Gasteiger partial charge in [-0.2, -0.15) is 0 Å². The molecule has 1 saturated carbocycles. The molecule has 3 heterocycles. The summed E-state index contributed by atoms with van der Waals surface area (Å²) in [5.41, 5.74) is 3.76. The zero-order chi connectivity index (χ0) is 19.3. The third kappa shape index (κ3) is 4.79. The van der Waals surface area contributed by atoms with Crippen molar-refractivity contribution < 1.29 is 0 Å². The molecule has 2 N–H and O–H groups in total. The Morgan fingerprint density at radius 2 is 1.82 bits per heavy atom. The number of nitrogens with zero attached hydrogens (tertiary/aromatic N) is 5. The van der Waals surface area contributed by atoms with Gasteiger partial charge in [-0.05, 0) is 49.3 Å². The molecule has 1 aliphatic carbocycles. The summed E-state index contributed by atoms with van der Waals surface area (Å²) in [6.07, 6.45) is 10.6. The van der Waals surface area contributed by atoms with Gasteiger partial charge in [-0.15, -0.1) is 0 Å². The van der Waals surface area contributed by atoms with Crippen LogP contribution >= 0.6 is 0 Å². The highest BCUT2D eigenvalue weighted by Crippen LogP contribution is 2.35. The largest absolute Gasteiger partial charge is 0.354 e. The van der Waals surface area contributed by atoms with Gasteiger partial charge in [0, 0.05) is 42.6 Å². The summed E-state index contributed by atoms with van der Waals surface area (Å²) >= 11 is 0. The monoisotopic (exact) mass is 375 g/mol. The summed E-state index contributed by atoms with van der Waals surface area (Å²) in [7, 11) is 0. The van der Waals surface area contributed by atoms with Crippen LogP contribution in [-0.4, -0.2) is 31.5 Å². The lowest BCUT2D eigenvalue weighted by Crippen LogP contribution is -2.12. The molecule has 1 aliphatic rings. The summed E-state index contributed by atoms with van der Waals surface area (Å²) in [4.78, 5) is 22.4. The third-order valence-corrected chi connectivity index (χ3v) is 4.58. The van der Waals surface area contributed by atoms with Gasteiger partial charge >= 0.3 is 0 Å². The summed E-state index contributed by atoms with van der Waals surface area (Å²) in [5.74, 6) is 2.50. The minimum atomic E-state index is 0.541. The Balaban J connectivity index is 1.60. The molecular weight excluding hydrogens is 350 g/mol. The van der Waals surface area contributed by atoms with E-state index in [-0.39, 0.29) is 0 Å². The van der Waals surface area contributed by atoms with Gasteiger partial charge in [0.05, 0.1) is 11.4 Å². The van der Waals surface area contributed by atoms with Crippen LogP contribution in [0.2, 0.25) is 0 Å². The maximum atomic E-state index is 4.80. The van der Waals surface area contributed by atoms with Crippen molar-refractivity contribution in [2.24, 2.45) is 11.8 Å². The lowest BCUT2D eigenvalue weighted by atomic mass is 10.1. The normalized spacial score (nSPS) is 13.5. The molecule has 3 aromatic rings. The number of pyridine rings is 1. The van der Waals surface area contributed by atoms with Crippen LogP contribution in [0.1, 0.15) is 32.4 Å². The van der Waals surface area contributed by atoms with E-state index < -0.39 is 0 Å². The summed E-state index contributed by atoms with van der Waals surface area (Å²) in [6, 6.07) is 5.67. The van der Waals surface area contributed by atoms with Crippen LogP contribution in [0.15, 0.2) is 43.0 Å². The van der Waals surface area contributed by atoms with Gasteiger partial charge < -0.3 is 10.6 Å². The van der Waals surface area contributed by atoms with Crippen LogP contribution in [0.4, 0.5) is 17.6 Å². The molecule has 7 heteroatoms. The van der Waals surface area contributed by atoms with Crippen molar-refractivity contribution >= 4 is 17.6 Å². The Morgan fingerprint density at radius 1 is 1.00 bits per heavy atom. The lowest BCUT2D eigenvalue weighted by Gasteiger charge is -2.12. The average molecular weight is 375 g/mol. The maximum Gasteiger partial charge on any atom is 0.227 e. The predicted octanol–water partition coefficient (Wildman–Crippen LogP) is 4.09. The van der Waals surface area contributed by atoms with E-state index in [1.54, 1.807) is 18.6 Å². The van der Waals surface area contributed by atoms with Gasteiger partial charge in [-0.1, -0.05) is 13.8 Å². The molecule has 0 aromatic carbocycles. The zero-order valence-electron chi connectivity index (χ0n) is 16.3. The zero-order valence-corrected chi connectivity index (χ0v) is 16.3. The van der Waals surface area contributed by atoms with E-state index in [1.807, 2.05) is 24.4 Å². The molecule has 0 atom stereocenters. The molecule has 0 aliphatic heterocycles. The fourth-order valence-electron chi connectivity index (χ4n) is 2.90. The van der Waals surface area contributed by atoms with Crippen molar-refractivity contribution in [1.29, 1.82) is 0 Å². The van der Waals surface area contributed by atoms with Crippen molar-refractivity contribution in [2.75, 3.05) is 17.2 Å². The molecular formula is C21H25N7. The van der Waals surface area contributed by atoms with E-state index in [9.17, 15) is 0 Å². The van der Waals surface area contributed by atoms with Crippen LogP contribution in [0, 0.1) is 11.8 Å². The third-order valence-electron chi connectivity index (χ3n) is 4.58. The first-order valence-electron chi connectivity index (χ1n) is 9.77. The van der Waals surface area contributed by atoms with E-state index in [0.29, 0.717) is 17.8 Å². The van der Waals surface area contributed by atoms with Gasteiger partial charge in [-0.25, -0.2) is 19.9 Å². The van der Waals surface area contributed by atoms with Crippen molar-refractivity contribution in [3.05, 3.63) is 48.7 Å². The molecule has 28 heavy (non-hydrogen) atoms. The fraction of sp³-hybridized carbons (Fsp3) is 0.381. The maximum absolute atomic E-state index is 4.80. The highest BCUT2D eigenvalue weighted by atomic mass is 15.1. The fourth-order valence-corrected chi connectivity index (χ4v) is 2.90. The van der Waals surface area contributed by atoms with E-state index in [1.165, 1.54) is 12.8 Å². The van der Waals surface area contributed by atoms with Crippen molar-refractivity contribution in [2.45, 2.75) is 33.1 Å². The average Bonchev–Trinajstić information content (AvgIpc) is 3.51. The quantitative estimate of drug-likeness (QED) is 0.613. The molecule has 0 saturated heterocycles. The molecule has 144 valence electrons. The summed E-state index contributed by atoms with van der Waals surface area (Å²) in [6.45, 7) is 5.20. The first-order valence-corrected chi connectivity index (χ1v) is 9.77. The lowest BCUT2D eigenvalue weighted by molar-refractivity contribution is 0.683. The Hall–Kier alpha value is -3.09. The molecule has 0 radical (unpaired) electrons. The van der Waals surface area contributed by atoms with Crippen molar-refractivity contribution in [3.8, 4) is 11.3 Å². The molecule has 0 bridgehead atoms. The highest BCUT2D eigenvalue weighted by molar-refractivity contribution is 5.64. The standard InChI is InChI=1S/C21H25N7/c1-14(2)12-24-20-25-13-17(19(28-20)11-15-3-4-15)18-7-10-23-21(27-18)26-16-5-8-22-9-6-16/h5-10,13-15H,3-4,11-12H2,1-2H3,(H,24,25,28)(H,22,23,26,27). The minimum Gasteiger partial charge on any atom is -0.354 e. The SMILES string of the molecule is CC(C)CNc1ncc(-c2ccnc(Nc3ccncc3)n2)c(CC2CC2)n1. The van der Waals surface area contributed by atoms with Gasteiger partial charge in [0.15, 0.2) is 0 Å². The molecule has 3 aromatic heterocycles. The number of hydrogen-bond donors (Lipinski definition) is 2. The van der Waals surface area contributed by atoms with Gasteiger partial charge in [-0.3, -0.25) is 4.98 Å². The van der Waals surface area contributed by atoms with Crippen LogP contribution in [0.5, 0.6) is 0 Å². The first kappa shape index (κ1) is 18.3. The van der Waals surface area contributed by atoms with E-state index in [4.69, 9.17) is 4.98 Å². The van der Waals surface area contributed by atoms with E-state index in [0.717, 1.165) is 41.5 Å². The topological polar surface area (TPSA) is 88.5 Å². The number of aromatic nitrogens is 5. The van der Waals surface area contributed by atoms with Crippen molar-refractivity contribution in [3.63, 3.8) is 0 Å². The Bertz CT molecular complexity index is 923. The summed E-state index contributed by atoms with van der Waals surface area (Å²) in [5, 5.41) is 6.54. The molecule has 0 amide bonds. The smallest absolute Gasteiger partial charge is 0.227 e. The highest BCUT2D eigenvalue weighted by Gasteiger charge is 2.24. The van der Waals surface area contributed by atoms with Crippen LogP contribution < -0.4 is 10.6 Å². The summed E-state index contributed by atoms with van der Waals surface area (Å²) < 4.78 is 0. The van der Waals surface area contributed by atoms with Crippen LogP contribution in [-0.2, 0) is 6.42 Å². The van der Waals surface area contributed by atoms with Crippen LogP contribution in [0.3, 0.4) is 0 Å². The Labute approximate surface area is 165 Å². The van der Waals surface area contributed by atoms with Gasteiger partial charge in [0.2, 0.25) is 11.9 Å². The second-order valence-corrected chi connectivity index (χ2v) is 7.60. The predicted molar refractivity (Wildman–Crippen MR) is 110 cm³/mol. The number of nitrogens with one attached hydrogen (secondary N) is 2. The van der Waals surface area contributed by atoms with E-state index in [2.05, 4.69) is 44.4 Å². The number of hydrogen-bond acceptors (Lipinski definition) is 7. The molecule has 0 spiro atoms. The minimum absolute atomic E-state index is 0.541. The second kappa shape index (κ2) is 8.29. The van der Waals surface area contributed by atoms with Crippen LogP contribution in [0.25, 0.3) is 11.3 Å². The first-order chi connectivity index (χ1) is 13.7. The second-order valence-electron chi connectivity index (χ2n) is 7.60. The van der Waals surface area contributed by atoms with E-state index >= 15 is 0 Å². The number of rotatable bonds is 8. The molecule has 0 unspecified atom stereocenters. The molecule has 4 rings (SSSR count).